The van der Waals surface area contributed by atoms with Gasteiger partial charge in [0.05, 0.1) is 12.0 Å². The number of anilines is 1. The number of sulfonamides is 1. The quantitative estimate of drug-likeness (QED) is 0.725. The largest absolute Gasteiger partial charge is 0.468 e. The molecule has 0 bridgehead atoms. The van der Waals surface area contributed by atoms with Crippen molar-refractivity contribution in [3.05, 3.63) is 24.3 Å². The van der Waals surface area contributed by atoms with Gasteiger partial charge in [0, 0.05) is 12.1 Å². The van der Waals surface area contributed by atoms with Gasteiger partial charge in [-0.05, 0) is 43.0 Å². The number of hydrogen-bond acceptors (Lipinski definition) is 5. The summed E-state index contributed by atoms with van der Waals surface area (Å²) in [6.45, 7) is -0.432. The highest BCUT2D eigenvalue weighted by molar-refractivity contribution is 7.89. The summed E-state index contributed by atoms with van der Waals surface area (Å²) in [5.74, 6) is -0.275. The number of carbonyl (C=O) groups excluding carboxylic acids is 2. The zero-order chi connectivity index (χ0) is 17.6. The van der Waals surface area contributed by atoms with E-state index in [4.69, 9.17) is 0 Å². The molecule has 1 fully saturated rings. The van der Waals surface area contributed by atoms with Crippen molar-refractivity contribution in [3.63, 3.8) is 0 Å². The van der Waals surface area contributed by atoms with E-state index in [0.717, 1.165) is 12.8 Å². The van der Waals surface area contributed by atoms with E-state index < -0.39 is 22.5 Å². The Morgan fingerprint density at radius 1 is 1.17 bits per heavy atom. The molecule has 24 heavy (non-hydrogen) atoms. The Morgan fingerprint density at radius 3 is 2.38 bits per heavy atom. The molecule has 1 aliphatic carbocycles. The molecular weight excluding hydrogens is 332 g/mol. The van der Waals surface area contributed by atoms with Crippen LogP contribution in [-0.4, -0.2) is 33.9 Å². The second-order valence-electron chi connectivity index (χ2n) is 5.83. The van der Waals surface area contributed by atoms with Gasteiger partial charge in [-0.2, -0.15) is 4.72 Å². The maximum absolute atomic E-state index is 12.0. The van der Waals surface area contributed by atoms with Crippen LogP contribution in [0.25, 0.3) is 0 Å². The lowest BCUT2D eigenvalue weighted by atomic mass is 10.0. The zero-order valence-corrected chi connectivity index (χ0v) is 14.4. The highest BCUT2D eigenvalue weighted by atomic mass is 32.2. The maximum Gasteiger partial charge on any atom is 0.320 e. The van der Waals surface area contributed by atoms with Crippen LogP contribution < -0.4 is 10.0 Å². The fraction of sp³-hybridized carbons (Fsp3) is 0.500. The van der Waals surface area contributed by atoms with E-state index in [0.29, 0.717) is 18.0 Å². The molecule has 0 unspecified atom stereocenters. The van der Waals surface area contributed by atoms with E-state index in [1.54, 1.807) is 0 Å². The molecule has 8 heteroatoms. The minimum atomic E-state index is -3.79. The van der Waals surface area contributed by atoms with Gasteiger partial charge in [0.25, 0.3) is 0 Å². The van der Waals surface area contributed by atoms with Crippen LogP contribution >= 0.6 is 0 Å². The Bertz CT molecular complexity index is 679. The average Bonchev–Trinajstić information content (AvgIpc) is 3.06. The van der Waals surface area contributed by atoms with Crippen LogP contribution in [-0.2, 0) is 24.3 Å². The molecule has 1 saturated carbocycles. The molecule has 2 N–H and O–H groups in total. The highest BCUT2D eigenvalue weighted by Gasteiger charge is 2.19. The first-order valence-electron chi connectivity index (χ1n) is 7.87. The summed E-state index contributed by atoms with van der Waals surface area (Å²) in [6.07, 6.45) is 5.06. The third-order valence-corrected chi connectivity index (χ3v) is 5.45. The van der Waals surface area contributed by atoms with Crippen LogP contribution in [0.1, 0.15) is 32.1 Å². The van der Waals surface area contributed by atoms with Crippen molar-refractivity contribution in [2.24, 2.45) is 5.92 Å². The molecule has 1 aromatic carbocycles. The van der Waals surface area contributed by atoms with Gasteiger partial charge in [-0.1, -0.05) is 12.8 Å². The third kappa shape index (κ3) is 5.31. The third-order valence-electron chi connectivity index (χ3n) is 4.03. The first kappa shape index (κ1) is 18.4. The number of nitrogens with one attached hydrogen (secondary N) is 2. The minimum absolute atomic E-state index is 0.0141. The van der Waals surface area contributed by atoms with Crippen LogP contribution in [0.15, 0.2) is 29.2 Å². The van der Waals surface area contributed by atoms with Gasteiger partial charge in [-0.15, -0.1) is 0 Å². The Morgan fingerprint density at radius 2 is 1.79 bits per heavy atom. The normalized spacial score (nSPS) is 15.2. The molecule has 2 rings (SSSR count). The number of amides is 1. The predicted molar refractivity (Wildman–Crippen MR) is 88.9 cm³/mol. The molecule has 0 aromatic heterocycles. The fourth-order valence-electron chi connectivity index (χ4n) is 2.72. The molecule has 0 heterocycles. The van der Waals surface area contributed by atoms with Gasteiger partial charge >= 0.3 is 5.97 Å². The van der Waals surface area contributed by atoms with E-state index in [1.165, 1.54) is 44.2 Å². The Balaban J connectivity index is 1.91. The van der Waals surface area contributed by atoms with Gasteiger partial charge in [0.15, 0.2) is 0 Å². The summed E-state index contributed by atoms with van der Waals surface area (Å²) in [6, 6.07) is 5.81. The number of ether oxygens (including phenoxy) is 1. The first-order chi connectivity index (χ1) is 11.4. The fourth-order valence-corrected chi connectivity index (χ4v) is 3.68. The summed E-state index contributed by atoms with van der Waals surface area (Å²) in [7, 11) is -2.61. The topological polar surface area (TPSA) is 102 Å². The molecule has 0 saturated heterocycles. The van der Waals surface area contributed by atoms with Crippen molar-refractivity contribution in [2.45, 2.75) is 37.0 Å². The predicted octanol–water partition coefficient (Wildman–Crippen LogP) is 1.66. The molecule has 132 valence electrons. The highest BCUT2D eigenvalue weighted by Crippen LogP contribution is 2.27. The van der Waals surface area contributed by atoms with E-state index in [-0.39, 0.29) is 10.8 Å². The Labute approximate surface area is 141 Å². The number of benzene rings is 1. The van der Waals surface area contributed by atoms with Crippen LogP contribution in [0.3, 0.4) is 0 Å². The monoisotopic (exact) mass is 354 g/mol. The van der Waals surface area contributed by atoms with Crippen molar-refractivity contribution in [2.75, 3.05) is 19.0 Å². The smallest absolute Gasteiger partial charge is 0.320 e. The number of carbonyl (C=O) groups is 2. The average molecular weight is 354 g/mol. The molecule has 0 atom stereocenters. The second kappa shape index (κ2) is 8.25. The van der Waals surface area contributed by atoms with Crippen molar-refractivity contribution >= 4 is 27.6 Å². The van der Waals surface area contributed by atoms with Crippen LogP contribution in [0.5, 0.6) is 0 Å². The summed E-state index contributed by atoms with van der Waals surface area (Å²) >= 11 is 0. The Kier molecular flexibility index (Phi) is 6.33. The molecule has 0 spiro atoms. The van der Waals surface area contributed by atoms with Gasteiger partial charge in [-0.25, -0.2) is 8.42 Å². The lowest BCUT2D eigenvalue weighted by molar-refractivity contribution is -0.139. The van der Waals surface area contributed by atoms with Gasteiger partial charge in [0.1, 0.15) is 6.54 Å². The standard InChI is InChI=1S/C16H22N2O5S/c1-23-16(20)11-17-24(21,22)14-8-6-13(7-9-14)18-15(19)10-12-4-2-3-5-12/h6-9,12,17H,2-5,10-11H2,1H3,(H,18,19). The lowest BCUT2D eigenvalue weighted by Crippen LogP contribution is -2.30. The minimum Gasteiger partial charge on any atom is -0.468 e. The Hall–Kier alpha value is -1.93. The number of hydrogen-bond donors (Lipinski definition) is 2. The number of esters is 1. The molecule has 1 aliphatic rings. The van der Waals surface area contributed by atoms with Gasteiger partial charge < -0.3 is 10.1 Å². The molecule has 1 aromatic rings. The van der Waals surface area contributed by atoms with E-state index in [2.05, 4.69) is 14.8 Å². The molecule has 0 radical (unpaired) electrons. The first-order valence-corrected chi connectivity index (χ1v) is 9.35. The molecule has 1 amide bonds. The van der Waals surface area contributed by atoms with Crippen molar-refractivity contribution in [1.29, 1.82) is 0 Å². The summed E-state index contributed by atoms with van der Waals surface area (Å²) in [4.78, 5) is 23.0. The van der Waals surface area contributed by atoms with E-state index in [9.17, 15) is 18.0 Å². The summed E-state index contributed by atoms with van der Waals surface area (Å²) in [5, 5.41) is 2.78. The van der Waals surface area contributed by atoms with Crippen molar-refractivity contribution < 1.29 is 22.7 Å². The summed E-state index contributed by atoms with van der Waals surface area (Å²) in [5.41, 5.74) is 0.546. The van der Waals surface area contributed by atoms with Gasteiger partial charge in [-0.3, -0.25) is 9.59 Å². The zero-order valence-electron chi connectivity index (χ0n) is 13.6. The van der Waals surface area contributed by atoms with E-state index in [1.807, 2.05) is 0 Å². The molecular formula is C16H22N2O5S. The number of methoxy groups -OCH3 is 1. The SMILES string of the molecule is COC(=O)CNS(=O)(=O)c1ccc(NC(=O)CC2CCCC2)cc1. The van der Waals surface area contributed by atoms with Crippen molar-refractivity contribution in [3.8, 4) is 0 Å². The lowest BCUT2D eigenvalue weighted by Gasteiger charge is -2.10. The second-order valence-corrected chi connectivity index (χ2v) is 7.59. The molecule has 7 nitrogen and oxygen atoms in total. The van der Waals surface area contributed by atoms with Crippen LogP contribution in [0.4, 0.5) is 5.69 Å². The number of rotatable bonds is 7. The van der Waals surface area contributed by atoms with Gasteiger partial charge in [0.2, 0.25) is 15.9 Å². The van der Waals surface area contributed by atoms with E-state index >= 15 is 0 Å². The van der Waals surface area contributed by atoms with Crippen LogP contribution in [0, 0.1) is 5.92 Å². The van der Waals surface area contributed by atoms with Crippen LogP contribution in [0.2, 0.25) is 0 Å². The molecule has 0 aliphatic heterocycles. The summed E-state index contributed by atoms with van der Waals surface area (Å²) < 4.78 is 30.6. The maximum atomic E-state index is 12.0. The van der Waals surface area contributed by atoms with Crippen molar-refractivity contribution in [1.82, 2.24) is 4.72 Å².